The standard InChI is InChI=1S/C9H8F3N5/c1-13-4-8-14-15-16-17(8)5-2-6(10)9(12)7(11)3-5/h2-3,13H,4H2,1H3. The highest BCUT2D eigenvalue weighted by molar-refractivity contribution is 5.33. The average Bonchev–Trinajstić information content (AvgIpc) is 2.74. The van der Waals surface area contributed by atoms with Gasteiger partial charge in [0.25, 0.3) is 0 Å². The van der Waals surface area contributed by atoms with Crippen LogP contribution in [0.1, 0.15) is 5.82 Å². The van der Waals surface area contributed by atoms with Crippen molar-refractivity contribution in [2.75, 3.05) is 7.05 Å². The van der Waals surface area contributed by atoms with Crippen LogP contribution in [0.25, 0.3) is 5.69 Å². The predicted octanol–water partition coefficient (Wildman–Crippen LogP) is 0.799. The number of nitrogens with one attached hydrogen (secondary N) is 1. The van der Waals surface area contributed by atoms with Crippen LogP contribution in [0.4, 0.5) is 13.2 Å². The molecule has 0 saturated heterocycles. The van der Waals surface area contributed by atoms with Crippen molar-refractivity contribution in [1.29, 1.82) is 0 Å². The molecule has 0 fully saturated rings. The van der Waals surface area contributed by atoms with Crippen LogP contribution in [0.15, 0.2) is 12.1 Å². The van der Waals surface area contributed by atoms with Gasteiger partial charge >= 0.3 is 0 Å². The van der Waals surface area contributed by atoms with Crippen LogP contribution in [0, 0.1) is 17.5 Å². The molecule has 0 aliphatic carbocycles. The van der Waals surface area contributed by atoms with E-state index in [0.717, 1.165) is 16.8 Å². The molecule has 17 heavy (non-hydrogen) atoms. The lowest BCUT2D eigenvalue weighted by Gasteiger charge is -2.05. The maximum Gasteiger partial charge on any atom is 0.194 e. The molecule has 8 heteroatoms. The highest BCUT2D eigenvalue weighted by Crippen LogP contribution is 2.16. The Bertz CT molecular complexity index is 516. The summed E-state index contributed by atoms with van der Waals surface area (Å²) in [7, 11) is 1.67. The van der Waals surface area contributed by atoms with Crippen molar-refractivity contribution in [3.8, 4) is 5.69 Å². The van der Waals surface area contributed by atoms with E-state index in [0.29, 0.717) is 12.4 Å². The molecule has 1 N–H and O–H groups in total. The summed E-state index contributed by atoms with van der Waals surface area (Å²) in [5, 5.41) is 13.4. The lowest BCUT2D eigenvalue weighted by molar-refractivity contribution is 0.445. The Morgan fingerprint density at radius 2 is 1.88 bits per heavy atom. The topological polar surface area (TPSA) is 55.6 Å². The molecule has 0 radical (unpaired) electrons. The quantitative estimate of drug-likeness (QED) is 0.810. The first-order valence-corrected chi connectivity index (χ1v) is 4.70. The van der Waals surface area contributed by atoms with E-state index >= 15 is 0 Å². The molecule has 1 heterocycles. The highest BCUT2D eigenvalue weighted by atomic mass is 19.2. The number of hydrogen-bond acceptors (Lipinski definition) is 4. The zero-order chi connectivity index (χ0) is 12.4. The van der Waals surface area contributed by atoms with Gasteiger partial charge in [0.2, 0.25) is 0 Å². The first kappa shape index (κ1) is 11.5. The van der Waals surface area contributed by atoms with Gasteiger partial charge in [-0.05, 0) is 17.5 Å². The van der Waals surface area contributed by atoms with E-state index in [2.05, 4.69) is 20.8 Å². The Labute approximate surface area is 94.2 Å². The third-order valence-electron chi connectivity index (χ3n) is 2.08. The predicted molar refractivity (Wildman–Crippen MR) is 51.8 cm³/mol. The fourth-order valence-corrected chi connectivity index (χ4v) is 1.34. The van der Waals surface area contributed by atoms with E-state index in [4.69, 9.17) is 0 Å². The largest absolute Gasteiger partial charge is 0.313 e. The summed E-state index contributed by atoms with van der Waals surface area (Å²) in [5.74, 6) is -3.73. The highest BCUT2D eigenvalue weighted by Gasteiger charge is 2.14. The second kappa shape index (κ2) is 4.50. The van der Waals surface area contributed by atoms with E-state index in [9.17, 15) is 13.2 Å². The van der Waals surface area contributed by atoms with Crippen LogP contribution >= 0.6 is 0 Å². The van der Waals surface area contributed by atoms with E-state index in [1.54, 1.807) is 7.05 Å². The van der Waals surface area contributed by atoms with Crippen molar-refractivity contribution in [3.63, 3.8) is 0 Å². The summed E-state index contributed by atoms with van der Waals surface area (Å²) >= 11 is 0. The molecule has 90 valence electrons. The van der Waals surface area contributed by atoms with Crippen LogP contribution in [0.5, 0.6) is 0 Å². The van der Waals surface area contributed by atoms with Gasteiger partial charge in [-0.15, -0.1) is 5.10 Å². The zero-order valence-corrected chi connectivity index (χ0v) is 8.78. The van der Waals surface area contributed by atoms with Crippen molar-refractivity contribution < 1.29 is 13.2 Å². The molecule has 0 amide bonds. The second-order valence-electron chi connectivity index (χ2n) is 3.26. The van der Waals surface area contributed by atoms with Crippen LogP contribution in [-0.2, 0) is 6.54 Å². The SMILES string of the molecule is CNCc1nnnn1-c1cc(F)c(F)c(F)c1. The van der Waals surface area contributed by atoms with Gasteiger partial charge in [-0.1, -0.05) is 0 Å². The van der Waals surface area contributed by atoms with Gasteiger partial charge < -0.3 is 5.32 Å². The lowest BCUT2D eigenvalue weighted by atomic mass is 10.3. The van der Waals surface area contributed by atoms with Gasteiger partial charge in [0.1, 0.15) is 0 Å². The van der Waals surface area contributed by atoms with E-state index in [-0.39, 0.29) is 5.69 Å². The third kappa shape index (κ3) is 2.11. The third-order valence-corrected chi connectivity index (χ3v) is 2.08. The second-order valence-corrected chi connectivity index (χ2v) is 3.26. The van der Waals surface area contributed by atoms with Crippen LogP contribution in [0.3, 0.4) is 0 Å². The van der Waals surface area contributed by atoms with Gasteiger partial charge in [0.05, 0.1) is 12.2 Å². The molecular weight excluding hydrogens is 235 g/mol. The minimum absolute atomic E-state index is 0.0247. The molecule has 0 aliphatic heterocycles. The maximum absolute atomic E-state index is 13.0. The van der Waals surface area contributed by atoms with Crippen molar-refractivity contribution in [1.82, 2.24) is 25.5 Å². The minimum atomic E-state index is -1.52. The van der Waals surface area contributed by atoms with Gasteiger partial charge in [-0.25, -0.2) is 13.2 Å². The smallest absolute Gasteiger partial charge is 0.194 e. The Kier molecular flexibility index (Phi) is 3.05. The van der Waals surface area contributed by atoms with Crippen molar-refractivity contribution in [2.45, 2.75) is 6.54 Å². The van der Waals surface area contributed by atoms with Gasteiger partial charge in [0, 0.05) is 12.1 Å². The first-order valence-electron chi connectivity index (χ1n) is 4.70. The Balaban J connectivity index is 2.49. The molecule has 1 aromatic carbocycles. The molecule has 0 bridgehead atoms. The van der Waals surface area contributed by atoms with Crippen molar-refractivity contribution in [2.24, 2.45) is 0 Å². The van der Waals surface area contributed by atoms with E-state index in [1.165, 1.54) is 0 Å². The number of rotatable bonds is 3. The maximum atomic E-state index is 13.0. The number of nitrogens with zero attached hydrogens (tertiary/aromatic N) is 4. The molecule has 5 nitrogen and oxygen atoms in total. The summed E-state index contributed by atoms with van der Waals surface area (Å²) in [6.07, 6.45) is 0. The van der Waals surface area contributed by atoms with Crippen LogP contribution < -0.4 is 5.32 Å². The van der Waals surface area contributed by atoms with Crippen LogP contribution in [-0.4, -0.2) is 27.3 Å². The zero-order valence-electron chi connectivity index (χ0n) is 8.78. The normalized spacial score (nSPS) is 10.8. The molecule has 0 atom stereocenters. The Morgan fingerprint density at radius 3 is 2.47 bits per heavy atom. The monoisotopic (exact) mass is 243 g/mol. The molecule has 1 aromatic heterocycles. The molecule has 0 saturated carbocycles. The molecule has 2 rings (SSSR count). The lowest BCUT2D eigenvalue weighted by Crippen LogP contribution is -2.12. The number of tetrazole rings is 1. The van der Waals surface area contributed by atoms with Gasteiger partial charge in [-0.2, -0.15) is 4.68 Å². The summed E-state index contributed by atoms with van der Waals surface area (Å²) in [6.45, 7) is 0.313. The number of benzene rings is 1. The van der Waals surface area contributed by atoms with Gasteiger partial charge in [0.15, 0.2) is 23.3 Å². The summed E-state index contributed by atoms with van der Waals surface area (Å²) in [6, 6.07) is 1.65. The summed E-state index contributed by atoms with van der Waals surface area (Å²) in [4.78, 5) is 0. The van der Waals surface area contributed by atoms with E-state index in [1.807, 2.05) is 0 Å². The first-order chi connectivity index (χ1) is 8.13. The van der Waals surface area contributed by atoms with Crippen molar-refractivity contribution >= 4 is 0 Å². The molecule has 2 aromatic rings. The summed E-state index contributed by atoms with van der Waals surface area (Å²) in [5.41, 5.74) is 0.0247. The fourth-order valence-electron chi connectivity index (χ4n) is 1.34. The Morgan fingerprint density at radius 1 is 1.24 bits per heavy atom. The Hall–Kier alpha value is -1.96. The molecule has 0 aliphatic rings. The number of aromatic nitrogens is 4. The molecular formula is C9H8F3N5. The van der Waals surface area contributed by atoms with Crippen molar-refractivity contribution in [3.05, 3.63) is 35.4 Å². The number of hydrogen-bond donors (Lipinski definition) is 1. The molecule has 0 spiro atoms. The van der Waals surface area contributed by atoms with E-state index < -0.39 is 17.5 Å². The minimum Gasteiger partial charge on any atom is -0.313 e. The summed E-state index contributed by atoms with van der Waals surface area (Å²) < 4.78 is 40.0. The molecule has 0 unspecified atom stereocenters. The number of halogens is 3. The fraction of sp³-hybridized carbons (Fsp3) is 0.222. The van der Waals surface area contributed by atoms with Crippen LogP contribution in [0.2, 0.25) is 0 Å². The average molecular weight is 243 g/mol. The van der Waals surface area contributed by atoms with Gasteiger partial charge in [-0.3, -0.25) is 0 Å².